The van der Waals surface area contributed by atoms with Gasteiger partial charge in [-0.15, -0.1) is 0 Å². The normalized spacial score (nSPS) is 25.4. The van der Waals surface area contributed by atoms with Crippen molar-refractivity contribution in [1.29, 1.82) is 0 Å². The van der Waals surface area contributed by atoms with Crippen molar-refractivity contribution in [1.82, 2.24) is 15.0 Å². The van der Waals surface area contributed by atoms with Crippen molar-refractivity contribution in [3.05, 3.63) is 16.4 Å². The summed E-state index contributed by atoms with van der Waals surface area (Å²) in [7, 11) is 1.74. The Morgan fingerprint density at radius 1 is 1.50 bits per heavy atom. The third-order valence-electron chi connectivity index (χ3n) is 3.98. The lowest BCUT2D eigenvalue weighted by Gasteiger charge is -2.39. The van der Waals surface area contributed by atoms with E-state index in [1.165, 1.54) is 0 Å². The standard InChI is InChI=1S/C14H23N3O3/c1-9-5-10(7-14(2,3)6-9)12(18)17(4)8-11-15-13(19)20-16-11/h9-10H,5-8H2,1-4H3,(H,15,16,19). The first-order valence-corrected chi connectivity index (χ1v) is 7.07. The van der Waals surface area contributed by atoms with Gasteiger partial charge in [0.2, 0.25) is 5.91 Å². The zero-order valence-corrected chi connectivity index (χ0v) is 12.6. The van der Waals surface area contributed by atoms with Gasteiger partial charge in [0.15, 0.2) is 5.82 Å². The summed E-state index contributed by atoms with van der Waals surface area (Å²) in [5, 5.41) is 3.59. The van der Waals surface area contributed by atoms with Crippen molar-refractivity contribution in [2.75, 3.05) is 7.05 Å². The summed E-state index contributed by atoms with van der Waals surface area (Å²) >= 11 is 0. The van der Waals surface area contributed by atoms with Gasteiger partial charge in [-0.1, -0.05) is 25.9 Å². The van der Waals surface area contributed by atoms with E-state index < -0.39 is 5.76 Å². The average Bonchev–Trinajstić information content (AvgIpc) is 2.71. The van der Waals surface area contributed by atoms with Crippen LogP contribution < -0.4 is 5.76 Å². The largest absolute Gasteiger partial charge is 0.438 e. The number of carbonyl (C=O) groups excluding carboxylic acids is 1. The molecule has 20 heavy (non-hydrogen) atoms. The molecule has 1 aromatic heterocycles. The number of hydrogen-bond acceptors (Lipinski definition) is 4. The number of amides is 1. The molecule has 1 saturated carbocycles. The van der Waals surface area contributed by atoms with Crippen LogP contribution in [0.4, 0.5) is 0 Å². The minimum absolute atomic E-state index is 0.0531. The van der Waals surface area contributed by atoms with E-state index in [0.717, 1.165) is 19.3 Å². The van der Waals surface area contributed by atoms with Gasteiger partial charge in [0.1, 0.15) is 0 Å². The van der Waals surface area contributed by atoms with Gasteiger partial charge < -0.3 is 4.90 Å². The highest BCUT2D eigenvalue weighted by molar-refractivity contribution is 5.78. The van der Waals surface area contributed by atoms with Gasteiger partial charge in [0.25, 0.3) is 0 Å². The highest BCUT2D eigenvalue weighted by atomic mass is 16.5. The molecule has 1 aliphatic carbocycles. The van der Waals surface area contributed by atoms with Crippen LogP contribution in [0.3, 0.4) is 0 Å². The first-order valence-electron chi connectivity index (χ1n) is 7.07. The van der Waals surface area contributed by atoms with Crippen LogP contribution >= 0.6 is 0 Å². The zero-order chi connectivity index (χ0) is 14.9. The van der Waals surface area contributed by atoms with Crippen LogP contribution in [-0.2, 0) is 11.3 Å². The smallest absolute Gasteiger partial charge is 0.338 e. The molecule has 0 radical (unpaired) electrons. The lowest BCUT2D eigenvalue weighted by Crippen LogP contribution is -2.39. The molecule has 1 fully saturated rings. The quantitative estimate of drug-likeness (QED) is 0.916. The summed E-state index contributed by atoms with van der Waals surface area (Å²) in [6.45, 7) is 6.92. The van der Waals surface area contributed by atoms with Gasteiger partial charge in [-0.25, -0.2) is 4.79 Å². The monoisotopic (exact) mass is 281 g/mol. The van der Waals surface area contributed by atoms with Gasteiger partial charge in [-0.3, -0.25) is 14.3 Å². The first kappa shape index (κ1) is 14.8. The second-order valence-corrected chi connectivity index (χ2v) is 6.85. The van der Waals surface area contributed by atoms with Gasteiger partial charge in [-0.05, 0) is 30.6 Å². The highest BCUT2D eigenvalue weighted by Gasteiger charge is 2.36. The Bertz CT molecular complexity index is 532. The fourth-order valence-electron chi connectivity index (χ4n) is 3.48. The van der Waals surface area contributed by atoms with E-state index in [-0.39, 0.29) is 23.8 Å². The Balaban J connectivity index is 2.01. The van der Waals surface area contributed by atoms with Gasteiger partial charge in [0, 0.05) is 13.0 Å². The summed E-state index contributed by atoms with van der Waals surface area (Å²) in [5.74, 6) is 0.529. The summed E-state index contributed by atoms with van der Waals surface area (Å²) in [5.41, 5.74) is 0.209. The number of hydrogen-bond donors (Lipinski definition) is 1. The Labute approximate surface area is 118 Å². The van der Waals surface area contributed by atoms with Crippen molar-refractivity contribution < 1.29 is 9.32 Å². The fraction of sp³-hybridized carbons (Fsp3) is 0.786. The van der Waals surface area contributed by atoms with Crippen LogP contribution in [0.5, 0.6) is 0 Å². The van der Waals surface area contributed by atoms with Crippen LogP contribution in [0.2, 0.25) is 0 Å². The molecule has 112 valence electrons. The van der Waals surface area contributed by atoms with E-state index >= 15 is 0 Å². The molecule has 2 atom stereocenters. The Hall–Kier alpha value is -1.59. The second-order valence-electron chi connectivity index (χ2n) is 6.85. The zero-order valence-electron chi connectivity index (χ0n) is 12.6. The lowest BCUT2D eigenvalue weighted by atomic mass is 9.68. The van der Waals surface area contributed by atoms with E-state index in [2.05, 4.69) is 35.4 Å². The minimum Gasteiger partial charge on any atom is -0.338 e. The maximum atomic E-state index is 12.5. The van der Waals surface area contributed by atoms with Crippen molar-refractivity contribution >= 4 is 5.91 Å². The Morgan fingerprint density at radius 3 is 2.75 bits per heavy atom. The molecule has 2 unspecified atom stereocenters. The first-order chi connectivity index (χ1) is 9.27. The third-order valence-corrected chi connectivity index (χ3v) is 3.98. The van der Waals surface area contributed by atoms with Crippen LogP contribution in [0.25, 0.3) is 0 Å². The molecule has 1 heterocycles. The summed E-state index contributed by atoms with van der Waals surface area (Å²) in [6, 6.07) is 0. The van der Waals surface area contributed by atoms with Crippen molar-refractivity contribution in [3.63, 3.8) is 0 Å². The van der Waals surface area contributed by atoms with Crippen LogP contribution in [0, 0.1) is 17.3 Å². The van der Waals surface area contributed by atoms with Gasteiger partial charge in [0.05, 0.1) is 6.54 Å². The van der Waals surface area contributed by atoms with Crippen LogP contribution in [-0.4, -0.2) is 28.0 Å². The molecule has 0 bridgehead atoms. The molecule has 0 spiro atoms. The van der Waals surface area contributed by atoms with Gasteiger partial charge >= 0.3 is 5.76 Å². The number of aromatic nitrogens is 2. The van der Waals surface area contributed by atoms with Crippen LogP contribution in [0.1, 0.15) is 45.9 Å². The molecule has 0 aromatic carbocycles. The molecular formula is C14H23N3O3. The molecule has 0 aliphatic heterocycles. The highest BCUT2D eigenvalue weighted by Crippen LogP contribution is 2.42. The van der Waals surface area contributed by atoms with E-state index in [4.69, 9.17) is 0 Å². The van der Waals surface area contributed by atoms with E-state index in [0.29, 0.717) is 11.7 Å². The van der Waals surface area contributed by atoms with E-state index in [1.807, 2.05) is 0 Å². The number of aromatic amines is 1. The molecule has 6 heteroatoms. The van der Waals surface area contributed by atoms with Crippen molar-refractivity contribution in [3.8, 4) is 0 Å². The number of nitrogens with one attached hydrogen (secondary N) is 1. The maximum Gasteiger partial charge on any atom is 0.438 e. The van der Waals surface area contributed by atoms with E-state index in [1.54, 1.807) is 11.9 Å². The number of H-pyrrole nitrogens is 1. The van der Waals surface area contributed by atoms with Crippen LogP contribution in [0.15, 0.2) is 9.32 Å². The summed E-state index contributed by atoms with van der Waals surface area (Å²) in [6.07, 6.45) is 3.01. The predicted octanol–water partition coefficient (Wildman–Crippen LogP) is 1.78. The summed E-state index contributed by atoms with van der Waals surface area (Å²) in [4.78, 5) is 27.5. The number of rotatable bonds is 3. The number of carbonyl (C=O) groups is 1. The molecule has 1 aliphatic rings. The average molecular weight is 281 g/mol. The molecule has 1 N–H and O–H groups in total. The Morgan fingerprint density at radius 2 is 2.20 bits per heavy atom. The third kappa shape index (κ3) is 3.49. The minimum atomic E-state index is -0.590. The predicted molar refractivity (Wildman–Crippen MR) is 73.9 cm³/mol. The maximum absolute atomic E-state index is 12.5. The fourth-order valence-corrected chi connectivity index (χ4v) is 3.48. The second kappa shape index (κ2) is 5.42. The van der Waals surface area contributed by atoms with Gasteiger partial charge in [-0.2, -0.15) is 0 Å². The summed E-state index contributed by atoms with van der Waals surface area (Å²) < 4.78 is 4.44. The van der Waals surface area contributed by atoms with E-state index in [9.17, 15) is 9.59 Å². The molecule has 1 amide bonds. The van der Waals surface area contributed by atoms with Crippen molar-refractivity contribution in [2.45, 2.75) is 46.6 Å². The lowest BCUT2D eigenvalue weighted by molar-refractivity contribution is -0.138. The SMILES string of the molecule is CC1CC(C(=O)N(C)Cc2noc(=O)[nH]2)CC(C)(C)C1. The molecule has 0 saturated heterocycles. The molecule has 6 nitrogen and oxygen atoms in total. The Kier molecular flexibility index (Phi) is 4.01. The van der Waals surface area contributed by atoms with Crippen molar-refractivity contribution in [2.24, 2.45) is 17.3 Å². The molecular weight excluding hydrogens is 258 g/mol. The topological polar surface area (TPSA) is 79.2 Å². The molecule has 2 rings (SSSR count). The molecule has 1 aromatic rings. The number of nitrogens with zero attached hydrogens (tertiary/aromatic N) is 2.